The number of morpholine rings is 1. The number of anilines is 1. The predicted molar refractivity (Wildman–Crippen MR) is 83.5 cm³/mol. The summed E-state index contributed by atoms with van der Waals surface area (Å²) < 4.78 is 6.16. The minimum absolute atomic E-state index is 0.158. The van der Waals surface area contributed by atoms with Crippen LogP contribution in [0.5, 0.6) is 0 Å². The molecule has 4 nitrogen and oxygen atoms in total. The van der Waals surface area contributed by atoms with Crippen LogP contribution in [0.25, 0.3) is 0 Å². The first-order chi connectivity index (χ1) is 9.67. The Morgan fingerprint density at radius 3 is 2.85 bits per heavy atom. The molecule has 0 bridgehead atoms. The number of hydrogen-bond donors (Lipinski definition) is 0. The van der Waals surface area contributed by atoms with Gasteiger partial charge in [0.05, 0.1) is 12.2 Å². The van der Waals surface area contributed by atoms with Crippen molar-refractivity contribution < 1.29 is 4.74 Å². The fraction of sp³-hybridized carbons (Fsp3) is 0.800. The van der Waals surface area contributed by atoms with Crippen LogP contribution in [0.2, 0.25) is 0 Å². The van der Waals surface area contributed by atoms with Gasteiger partial charge in [0.2, 0.25) is 0 Å². The Morgan fingerprint density at radius 2 is 2.15 bits per heavy atom. The molecule has 2 heterocycles. The van der Waals surface area contributed by atoms with Crippen LogP contribution in [0.1, 0.15) is 37.0 Å². The molecule has 0 unspecified atom stereocenters. The third kappa shape index (κ3) is 3.15. The molecular formula is C15H25N3OS. The van der Waals surface area contributed by atoms with E-state index in [0.29, 0.717) is 0 Å². The largest absolute Gasteiger partial charge is 0.372 e. The molecular weight excluding hydrogens is 270 g/mol. The molecule has 1 saturated heterocycles. The summed E-state index contributed by atoms with van der Waals surface area (Å²) in [5.74, 6) is 0. The van der Waals surface area contributed by atoms with Crippen molar-refractivity contribution >= 4 is 16.5 Å². The molecule has 0 radical (unpaired) electrons. The van der Waals surface area contributed by atoms with Gasteiger partial charge in [-0.1, -0.05) is 19.3 Å². The Hall–Kier alpha value is -0.650. The van der Waals surface area contributed by atoms with E-state index < -0.39 is 0 Å². The molecule has 0 N–H and O–H groups in total. The van der Waals surface area contributed by atoms with Gasteiger partial charge in [-0.05, 0) is 12.8 Å². The van der Waals surface area contributed by atoms with Crippen LogP contribution in [0.4, 0.5) is 5.13 Å². The molecule has 2 aliphatic rings. The van der Waals surface area contributed by atoms with Gasteiger partial charge in [0.1, 0.15) is 0 Å². The van der Waals surface area contributed by atoms with Gasteiger partial charge in [-0.15, -0.1) is 11.3 Å². The van der Waals surface area contributed by atoms with Gasteiger partial charge < -0.3 is 9.64 Å². The number of ether oxygens (including phenoxy) is 1. The summed E-state index contributed by atoms with van der Waals surface area (Å²) >= 11 is 1.80. The van der Waals surface area contributed by atoms with E-state index in [2.05, 4.69) is 14.8 Å². The third-order valence-electron chi connectivity index (χ3n) is 4.40. The lowest BCUT2D eigenvalue weighted by Crippen LogP contribution is -2.52. The van der Waals surface area contributed by atoms with E-state index in [4.69, 9.17) is 4.74 Å². The van der Waals surface area contributed by atoms with E-state index in [9.17, 15) is 0 Å². The highest BCUT2D eigenvalue weighted by atomic mass is 32.1. The molecule has 1 aromatic rings. The topological polar surface area (TPSA) is 28.6 Å². The van der Waals surface area contributed by atoms with Gasteiger partial charge in [0.15, 0.2) is 5.13 Å². The molecule has 1 aliphatic heterocycles. The first-order valence-electron chi connectivity index (χ1n) is 7.65. The van der Waals surface area contributed by atoms with E-state index in [-0.39, 0.29) is 5.60 Å². The van der Waals surface area contributed by atoms with Crippen molar-refractivity contribution in [2.45, 2.75) is 44.2 Å². The molecule has 2 fully saturated rings. The monoisotopic (exact) mass is 295 g/mol. The van der Waals surface area contributed by atoms with Gasteiger partial charge in [-0.2, -0.15) is 0 Å². The Balaban J connectivity index is 1.61. The van der Waals surface area contributed by atoms with Crippen LogP contribution in [-0.4, -0.2) is 49.3 Å². The van der Waals surface area contributed by atoms with Crippen molar-refractivity contribution in [2.24, 2.45) is 0 Å². The summed E-state index contributed by atoms with van der Waals surface area (Å²) in [5.41, 5.74) is 0.158. The molecule has 1 aliphatic carbocycles. The summed E-state index contributed by atoms with van der Waals surface area (Å²) in [5, 5.41) is 1.10. The van der Waals surface area contributed by atoms with E-state index in [1.54, 1.807) is 11.3 Å². The lowest BCUT2D eigenvalue weighted by atomic mass is 9.83. The zero-order chi connectivity index (χ0) is 14.0. The number of rotatable bonds is 3. The van der Waals surface area contributed by atoms with Crippen molar-refractivity contribution in [3.05, 3.63) is 11.1 Å². The third-order valence-corrected chi connectivity index (χ3v) is 5.55. The fourth-order valence-electron chi connectivity index (χ4n) is 3.35. The van der Waals surface area contributed by atoms with Crippen molar-refractivity contribution in [3.63, 3.8) is 0 Å². The molecule has 3 rings (SSSR count). The molecule has 20 heavy (non-hydrogen) atoms. The second-order valence-corrected chi connectivity index (χ2v) is 7.40. The van der Waals surface area contributed by atoms with Crippen molar-refractivity contribution in [3.8, 4) is 0 Å². The number of nitrogens with zero attached hydrogens (tertiary/aromatic N) is 3. The molecule has 0 atom stereocenters. The van der Waals surface area contributed by atoms with Gasteiger partial charge in [-0.3, -0.25) is 4.90 Å². The molecule has 0 amide bonds. The van der Waals surface area contributed by atoms with Crippen LogP contribution in [-0.2, 0) is 11.3 Å². The fourth-order valence-corrected chi connectivity index (χ4v) is 4.23. The van der Waals surface area contributed by atoms with Crippen LogP contribution in [0, 0.1) is 0 Å². The van der Waals surface area contributed by atoms with Crippen molar-refractivity contribution in [1.29, 1.82) is 0 Å². The minimum atomic E-state index is 0.158. The van der Waals surface area contributed by atoms with Crippen molar-refractivity contribution in [2.75, 3.05) is 38.7 Å². The minimum Gasteiger partial charge on any atom is -0.372 e. The first kappa shape index (κ1) is 14.3. The standard InChI is InChI=1S/C15H25N3OS/c1-17(2)14-16-10-13(20-14)11-18-8-9-19-15(12-18)6-4-3-5-7-15/h10H,3-9,11-12H2,1-2H3. The smallest absolute Gasteiger partial charge is 0.185 e. The van der Waals surface area contributed by atoms with Gasteiger partial charge in [0.25, 0.3) is 0 Å². The van der Waals surface area contributed by atoms with E-state index >= 15 is 0 Å². The molecule has 5 heteroatoms. The van der Waals surface area contributed by atoms with Gasteiger partial charge in [-0.25, -0.2) is 4.98 Å². The highest BCUT2D eigenvalue weighted by Gasteiger charge is 2.37. The van der Waals surface area contributed by atoms with Crippen LogP contribution >= 0.6 is 11.3 Å². The van der Waals surface area contributed by atoms with Gasteiger partial charge >= 0.3 is 0 Å². The molecule has 1 spiro atoms. The van der Waals surface area contributed by atoms with Crippen LogP contribution in [0.3, 0.4) is 0 Å². The normalized spacial score (nSPS) is 23.1. The summed E-state index contributed by atoms with van der Waals surface area (Å²) in [6, 6.07) is 0. The van der Waals surface area contributed by atoms with Crippen molar-refractivity contribution in [1.82, 2.24) is 9.88 Å². The van der Waals surface area contributed by atoms with Gasteiger partial charge in [0, 0.05) is 44.8 Å². The zero-order valence-electron chi connectivity index (χ0n) is 12.6. The summed E-state index contributed by atoms with van der Waals surface area (Å²) in [7, 11) is 4.10. The number of aromatic nitrogens is 1. The van der Waals surface area contributed by atoms with Crippen LogP contribution in [0.15, 0.2) is 6.20 Å². The zero-order valence-corrected chi connectivity index (χ0v) is 13.4. The quantitative estimate of drug-likeness (QED) is 0.857. The van der Waals surface area contributed by atoms with E-state index in [1.165, 1.54) is 37.0 Å². The highest BCUT2D eigenvalue weighted by Crippen LogP contribution is 2.35. The number of hydrogen-bond acceptors (Lipinski definition) is 5. The summed E-state index contributed by atoms with van der Waals surface area (Å²) in [6.07, 6.45) is 8.57. The second-order valence-electron chi connectivity index (χ2n) is 6.31. The number of thiazole rings is 1. The second kappa shape index (κ2) is 6.00. The SMILES string of the molecule is CN(C)c1ncc(CN2CCOC3(CCCCC3)C2)s1. The average molecular weight is 295 g/mol. The Morgan fingerprint density at radius 1 is 1.35 bits per heavy atom. The maximum absolute atomic E-state index is 6.16. The maximum Gasteiger partial charge on any atom is 0.185 e. The summed E-state index contributed by atoms with van der Waals surface area (Å²) in [4.78, 5) is 10.5. The first-order valence-corrected chi connectivity index (χ1v) is 8.47. The Labute approximate surface area is 125 Å². The highest BCUT2D eigenvalue weighted by molar-refractivity contribution is 7.15. The average Bonchev–Trinajstić information content (AvgIpc) is 2.88. The predicted octanol–water partition coefficient (Wildman–Crippen LogP) is 2.74. The Bertz CT molecular complexity index is 435. The van der Waals surface area contributed by atoms with E-state index in [1.807, 2.05) is 20.3 Å². The molecule has 112 valence electrons. The molecule has 1 aromatic heterocycles. The lowest BCUT2D eigenvalue weighted by molar-refractivity contribution is -0.128. The molecule has 1 saturated carbocycles. The maximum atomic E-state index is 6.16. The van der Waals surface area contributed by atoms with E-state index in [0.717, 1.165) is 31.4 Å². The lowest BCUT2D eigenvalue weighted by Gasteiger charge is -2.45. The van der Waals surface area contributed by atoms with Crippen LogP contribution < -0.4 is 4.90 Å². The molecule has 0 aromatic carbocycles. The Kier molecular flexibility index (Phi) is 4.29. The summed E-state index contributed by atoms with van der Waals surface area (Å²) in [6.45, 7) is 4.06.